The third-order valence-electron chi connectivity index (χ3n) is 3.03. The molecule has 1 atom stereocenters. The highest BCUT2D eigenvalue weighted by molar-refractivity contribution is 7.99. The van der Waals surface area contributed by atoms with Crippen LogP contribution in [0.2, 0.25) is 0 Å². The average molecular weight is 328 g/mol. The third kappa shape index (κ3) is 3.74. The summed E-state index contributed by atoms with van der Waals surface area (Å²) in [5.41, 5.74) is 0.400. The topological polar surface area (TPSA) is 75.2 Å². The Labute approximate surface area is 132 Å². The number of hydrogen-bond donors (Lipinski definition) is 1. The van der Waals surface area contributed by atoms with Gasteiger partial charge in [-0.05, 0) is 38.7 Å². The van der Waals surface area contributed by atoms with Gasteiger partial charge in [-0.25, -0.2) is 0 Å². The monoisotopic (exact) mass is 328 g/mol. The molecule has 2 rings (SSSR count). The maximum atomic E-state index is 12.6. The Kier molecular flexibility index (Phi) is 4.88. The van der Waals surface area contributed by atoms with Crippen molar-refractivity contribution in [2.75, 3.05) is 11.6 Å². The van der Waals surface area contributed by atoms with Crippen LogP contribution in [0.4, 0.5) is 0 Å². The van der Waals surface area contributed by atoms with Crippen LogP contribution >= 0.6 is 23.3 Å². The number of carbonyl (C=O) groups excluding carboxylic acids is 2. The lowest BCUT2D eigenvalue weighted by Crippen LogP contribution is -2.52. The average Bonchev–Trinajstić information content (AvgIpc) is 3.04. The van der Waals surface area contributed by atoms with Crippen LogP contribution < -0.4 is 5.32 Å². The summed E-state index contributed by atoms with van der Waals surface area (Å²) in [4.78, 5) is 27.2. The van der Waals surface area contributed by atoms with Crippen molar-refractivity contribution in [1.29, 1.82) is 0 Å². The van der Waals surface area contributed by atoms with Crippen molar-refractivity contribution in [2.24, 2.45) is 0 Å². The van der Waals surface area contributed by atoms with Crippen LogP contribution in [-0.4, -0.2) is 49.5 Å². The molecule has 2 amide bonds. The SMILES string of the molecule is CCc1nnsc1C(=O)N1CSCC1C(=O)NC(C)(C)C. The van der Waals surface area contributed by atoms with Crippen molar-refractivity contribution in [2.45, 2.75) is 45.7 Å². The van der Waals surface area contributed by atoms with Gasteiger partial charge in [0.25, 0.3) is 5.91 Å². The van der Waals surface area contributed by atoms with Gasteiger partial charge in [0.2, 0.25) is 5.91 Å². The number of carbonyl (C=O) groups is 2. The number of nitrogens with zero attached hydrogens (tertiary/aromatic N) is 3. The first-order valence-electron chi connectivity index (χ1n) is 6.85. The van der Waals surface area contributed by atoms with Gasteiger partial charge in [0, 0.05) is 11.3 Å². The van der Waals surface area contributed by atoms with E-state index in [9.17, 15) is 9.59 Å². The second kappa shape index (κ2) is 6.31. The molecule has 6 nitrogen and oxygen atoms in total. The Morgan fingerprint density at radius 3 is 2.76 bits per heavy atom. The van der Waals surface area contributed by atoms with Crippen molar-refractivity contribution >= 4 is 35.1 Å². The molecule has 0 aliphatic carbocycles. The van der Waals surface area contributed by atoms with E-state index >= 15 is 0 Å². The maximum absolute atomic E-state index is 12.6. The summed E-state index contributed by atoms with van der Waals surface area (Å²) in [6, 6.07) is -0.423. The Balaban J connectivity index is 2.15. The van der Waals surface area contributed by atoms with Crippen LogP contribution in [0.15, 0.2) is 0 Å². The number of amides is 2. The minimum Gasteiger partial charge on any atom is -0.350 e. The molecule has 1 unspecified atom stereocenters. The molecule has 1 aromatic heterocycles. The normalized spacial score (nSPS) is 18.9. The Morgan fingerprint density at radius 1 is 1.43 bits per heavy atom. The molecular weight excluding hydrogens is 308 g/mol. The smallest absolute Gasteiger partial charge is 0.268 e. The van der Waals surface area contributed by atoms with E-state index in [4.69, 9.17) is 0 Å². The van der Waals surface area contributed by atoms with Gasteiger partial charge in [-0.2, -0.15) is 0 Å². The molecular formula is C13H20N4O2S2. The summed E-state index contributed by atoms with van der Waals surface area (Å²) in [5.74, 6) is 0.918. The van der Waals surface area contributed by atoms with Gasteiger partial charge in [-0.15, -0.1) is 16.9 Å². The Hall–Kier alpha value is -1.15. The summed E-state index contributed by atoms with van der Waals surface area (Å²) >= 11 is 2.69. The van der Waals surface area contributed by atoms with Crippen molar-refractivity contribution in [3.8, 4) is 0 Å². The van der Waals surface area contributed by atoms with E-state index in [2.05, 4.69) is 14.9 Å². The second-order valence-electron chi connectivity index (χ2n) is 5.93. The van der Waals surface area contributed by atoms with E-state index in [0.717, 1.165) is 11.5 Å². The molecule has 0 spiro atoms. The van der Waals surface area contributed by atoms with E-state index in [1.165, 1.54) is 0 Å². The van der Waals surface area contributed by atoms with Crippen molar-refractivity contribution < 1.29 is 9.59 Å². The molecule has 1 saturated heterocycles. The summed E-state index contributed by atoms with van der Waals surface area (Å²) in [6.07, 6.45) is 0.664. The minimum atomic E-state index is -0.423. The number of thioether (sulfide) groups is 1. The molecule has 1 aromatic rings. The van der Waals surface area contributed by atoms with Crippen LogP contribution in [0.25, 0.3) is 0 Å². The summed E-state index contributed by atoms with van der Waals surface area (Å²) in [5, 5.41) is 6.92. The van der Waals surface area contributed by atoms with Gasteiger partial charge in [0.05, 0.1) is 11.6 Å². The van der Waals surface area contributed by atoms with Crippen LogP contribution in [-0.2, 0) is 11.2 Å². The highest BCUT2D eigenvalue weighted by atomic mass is 32.2. The fourth-order valence-corrected chi connectivity index (χ4v) is 3.91. The standard InChI is InChI=1S/C13H20N4O2S2/c1-5-8-10(21-16-15-8)12(19)17-7-20-6-9(17)11(18)14-13(2,3)4/h9H,5-7H2,1-4H3,(H,14,18). The van der Waals surface area contributed by atoms with Crippen LogP contribution in [0, 0.1) is 0 Å². The summed E-state index contributed by atoms with van der Waals surface area (Å²) in [6.45, 7) is 7.74. The van der Waals surface area contributed by atoms with Gasteiger partial charge in [-0.1, -0.05) is 11.4 Å². The number of nitrogens with one attached hydrogen (secondary N) is 1. The molecule has 1 aliphatic heterocycles. The fraction of sp³-hybridized carbons (Fsp3) is 0.692. The Morgan fingerprint density at radius 2 is 2.14 bits per heavy atom. The molecule has 0 saturated carbocycles. The lowest BCUT2D eigenvalue weighted by atomic mass is 10.1. The van der Waals surface area contributed by atoms with Gasteiger partial charge in [-0.3, -0.25) is 9.59 Å². The van der Waals surface area contributed by atoms with E-state index in [-0.39, 0.29) is 17.4 Å². The molecule has 8 heteroatoms. The zero-order chi connectivity index (χ0) is 15.6. The zero-order valence-electron chi connectivity index (χ0n) is 12.7. The van der Waals surface area contributed by atoms with Crippen molar-refractivity contribution in [3.05, 3.63) is 10.6 Å². The predicted octanol–water partition coefficient (Wildman–Crippen LogP) is 1.53. The quantitative estimate of drug-likeness (QED) is 0.911. The van der Waals surface area contributed by atoms with E-state index in [0.29, 0.717) is 28.6 Å². The van der Waals surface area contributed by atoms with Crippen molar-refractivity contribution in [3.63, 3.8) is 0 Å². The summed E-state index contributed by atoms with van der Waals surface area (Å²) < 4.78 is 3.85. The lowest BCUT2D eigenvalue weighted by molar-refractivity contribution is -0.125. The van der Waals surface area contributed by atoms with Crippen molar-refractivity contribution in [1.82, 2.24) is 19.8 Å². The predicted molar refractivity (Wildman–Crippen MR) is 84.5 cm³/mol. The van der Waals surface area contributed by atoms with Gasteiger partial charge in [0.15, 0.2) is 0 Å². The highest BCUT2D eigenvalue weighted by Crippen LogP contribution is 2.25. The molecule has 116 valence electrons. The third-order valence-corrected chi connectivity index (χ3v) is 4.80. The van der Waals surface area contributed by atoms with Crippen LogP contribution in [0.5, 0.6) is 0 Å². The van der Waals surface area contributed by atoms with Gasteiger partial charge >= 0.3 is 0 Å². The van der Waals surface area contributed by atoms with E-state index in [1.54, 1.807) is 16.7 Å². The second-order valence-corrected chi connectivity index (χ2v) is 7.69. The summed E-state index contributed by atoms with van der Waals surface area (Å²) in [7, 11) is 0. The van der Waals surface area contributed by atoms with Gasteiger partial charge < -0.3 is 10.2 Å². The van der Waals surface area contributed by atoms with E-state index < -0.39 is 6.04 Å². The lowest BCUT2D eigenvalue weighted by Gasteiger charge is -2.27. The number of rotatable bonds is 3. The first kappa shape index (κ1) is 16.2. The minimum absolute atomic E-state index is 0.101. The molecule has 1 N–H and O–H groups in total. The molecule has 2 heterocycles. The Bertz CT molecular complexity index is 539. The fourth-order valence-electron chi connectivity index (χ4n) is 2.05. The number of aromatic nitrogens is 2. The highest BCUT2D eigenvalue weighted by Gasteiger charge is 2.37. The molecule has 1 fully saturated rings. The maximum Gasteiger partial charge on any atom is 0.268 e. The molecule has 1 aliphatic rings. The largest absolute Gasteiger partial charge is 0.350 e. The molecule has 21 heavy (non-hydrogen) atoms. The number of aryl methyl sites for hydroxylation is 1. The molecule has 0 bridgehead atoms. The van der Waals surface area contributed by atoms with E-state index in [1.807, 2.05) is 27.7 Å². The number of hydrogen-bond acceptors (Lipinski definition) is 6. The van der Waals surface area contributed by atoms with Crippen LogP contribution in [0.3, 0.4) is 0 Å². The van der Waals surface area contributed by atoms with Crippen LogP contribution in [0.1, 0.15) is 43.1 Å². The molecule has 0 radical (unpaired) electrons. The first-order valence-corrected chi connectivity index (χ1v) is 8.78. The molecule has 0 aromatic carbocycles. The zero-order valence-corrected chi connectivity index (χ0v) is 14.3. The first-order chi connectivity index (χ1) is 9.83. The van der Waals surface area contributed by atoms with Gasteiger partial charge in [0.1, 0.15) is 10.9 Å².